The summed E-state index contributed by atoms with van der Waals surface area (Å²) in [6.45, 7) is 9.55. The van der Waals surface area contributed by atoms with E-state index in [1.807, 2.05) is 12.4 Å². The first-order valence-corrected chi connectivity index (χ1v) is 6.92. The van der Waals surface area contributed by atoms with Crippen molar-refractivity contribution in [2.75, 3.05) is 19.0 Å². The number of anilines is 1. The number of hydrogen-bond acceptors (Lipinski definition) is 3. The molecule has 0 spiro atoms. The molecule has 0 aliphatic rings. The summed E-state index contributed by atoms with van der Waals surface area (Å²) in [5.41, 5.74) is 0. The molecule has 0 amide bonds. The van der Waals surface area contributed by atoms with E-state index in [-0.39, 0.29) is 0 Å². The fourth-order valence-corrected chi connectivity index (χ4v) is 2.42. The lowest BCUT2D eigenvalue weighted by atomic mass is 9.96. The molecule has 104 valence electrons. The van der Waals surface area contributed by atoms with E-state index < -0.39 is 0 Å². The minimum Gasteiger partial charge on any atom is -0.383 e. The molecular weight excluding hydrogens is 226 g/mol. The van der Waals surface area contributed by atoms with Crippen LogP contribution in [0.15, 0.2) is 12.4 Å². The minimum atomic E-state index is 0.300. The fraction of sp³-hybridized carbons (Fsp3) is 0.786. The molecule has 18 heavy (non-hydrogen) atoms. The maximum absolute atomic E-state index is 5.20. The van der Waals surface area contributed by atoms with Crippen LogP contribution in [0.5, 0.6) is 0 Å². The average Bonchev–Trinajstić information content (AvgIpc) is 2.79. The van der Waals surface area contributed by atoms with Crippen LogP contribution in [0, 0.1) is 5.92 Å². The van der Waals surface area contributed by atoms with Crippen molar-refractivity contribution < 1.29 is 4.74 Å². The highest BCUT2D eigenvalue weighted by atomic mass is 16.5. The molecule has 0 aliphatic heterocycles. The van der Waals surface area contributed by atoms with E-state index in [0.29, 0.717) is 24.6 Å². The van der Waals surface area contributed by atoms with Gasteiger partial charge in [-0.15, -0.1) is 0 Å². The SMILES string of the molecule is CCC(CC)C(C)Nc1nccn1C(C)COC. The predicted octanol–water partition coefficient (Wildman–Crippen LogP) is 3.33. The van der Waals surface area contributed by atoms with Crippen LogP contribution < -0.4 is 5.32 Å². The summed E-state index contributed by atoms with van der Waals surface area (Å²) in [7, 11) is 1.73. The number of nitrogens with one attached hydrogen (secondary N) is 1. The quantitative estimate of drug-likeness (QED) is 0.772. The zero-order valence-electron chi connectivity index (χ0n) is 12.3. The van der Waals surface area contributed by atoms with Gasteiger partial charge in [-0.1, -0.05) is 26.7 Å². The fourth-order valence-electron chi connectivity index (χ4n) is 2.42. The second-order valence-corrected chi connectivity index (χ2v) is 4.97. The number of aromatic nitrogens is 2. The average molecular weight is 253 g/mol. The molecule has 4 nitrogen and oxygen atoms in total. The predicted molar refractivity (Wildman–Crippen MR) is 76.0 cm³/mol. The van der Waals surface area contributed by atoms with E-state index in [0.717, 1.165) is 5.95 Å². The van der Waals surface area contributed by atoms with Gasteiger partial charge in [0.2, 0.25) is 5.95 Å². The Morgan fingerprint density at radius 3 is 2.56 bits per heavy atom. The Balaban J connectivity index is 2.70. The van der Waals surface area contributed by atoms with Gasteiger partial charge in [0.15, 0.2) is 0 Å². The summed E-state index contributed by atoms with van der Waals surface area (Å²) in [6, 6.07) is 0.741. The number of hydrogen-bond donors (Lipinski definition) is 1. The van der Waals surface area contributed by atoms with Crippen LogP contribution in [0.4, 0.5) is 5.95 Å². The first-order valence-electron chi connectivity index (χ1n) is 6.92. The van der Waals surface area contributed by atoms with Gasteiger partial charge in [0.25, 0.3) is 0 Å². The van der Waals surface area contributed by atoms with Crippen LogP contribution in [0.2, 0.25) is 0 Å². The molecule has 0 radical (unpaired) electrons. The van der Waals surface area contributed by atoms with E-state index in [1.165, 1.54) is 12.8 Å². The van der Waals surface area contributed by atoms with Crippen molar-refractivity contribution in [3.8, 4) is 0 Å². The van der Waals surface area contributed by atoms with Crippen molar-refractivity contribution in [2.45, 2.75) is 52.6 Å². The zero-order valence-corrected chi connectivity index (χ0v) is 12.3. The van der Waals surface area contributed by atoms with E-state index in [9.17, 15) is 0 Å². The normalized spacial score (nSPS) is 14.8. The van der Waals surface area contributed by atoms with Gasteiger partial charge in [-0.3, -0.25) is 0 Å². The van der Waals surface area contributed by atoms with Gasteiger partial charge in [0.05, 0.1) is 12.6 Å². The topological polar surface area (TPSA) is 39.1 Å². The highest BCUT2D eigenvalue weighted by Crippen LogP contribution is 2.19. The van der Waals surface area contributed by atoms with Crippen LogP contribution in [0.1, 0.15) is 46.6 Å². The van der Waals surface area contributed by atoms with Gasteiger partial charge in [-0.2, -0.15) is 0 Å². The van der Waals surface area contributed by atoms with E-state index in [4.69, 9.17) is 4.74 Å². The summed E-state index contributed by atoms with van der Waals surface area (Å²) in [4.78, 5) is 4.41. The first kappa shape index (κ1) is 15.0. The molecule has 0 bridgehead atoms. The lowest BCUT2D eigenvalue weighted by Gasteiger charge is -2.24. The zero-order chi connectivity index (χ0) is 13.5. The maximum Gasteiger partial charge on any atom is 0.203 e. The standard InChI is InChI=1S/C14H27N3O/c1-6-13(7-2)12(4)16-14-15-8-9-17(14)11(3)10-18-5/h8-9,11-13H,6-7,10H2,1-5H3,(H,15,16). The van der Waals surface area contributed by atoms with Crippen LogP contribution in [-0.4, -0.2) is 29.3 Å². The Bertz CT molecular complexity index is 334. The summed E-state index contributed by atoms with van der Waals surface area (Å²) < 4.78 is 7.34. The molecule has 0 fully saturated rings. The van der Waals surface area contributed by atoms with Gasteiger partial charge in [0, 0.05) is 25.5 Å². The molecule has 1 heterocycles. The first-order chi connectivity index (χ1) is 8.63. The summed E-state index contributed by atoms with van der Waals surface area (Å²) in [5.74, 6) is 1.63. The van der Waals surface area contributed by atoms with E-state index in [1.54, 1.807) is 7.11 Å². The molecular formula is C14H27N3O. The molecule has 0 aromatic carbocycles. The van der Waals surface area contributed by atoms with Crippen LogP contribution in [0.3, 0.4) is 0 Å². The molecule has 0 saturated carbocycles. The molecule has 1 aromatic heterocycles. The number of imidazole rings is 1. The number of rotatable bonds is 8. The molecule has 1 N–H and O–H groups in total. The Morgan fingerprint density at radius 1 is 1.33 bits per heavy atom. The highest BCUT2D eigenvalue weighted by Gasteiger charge is 2.16. The molecule has 0 saturated heterocycles. The van der Waals surface area contributed by atoms with E-state index >= 15 is 0 Å². The third-order valence-corrected chi connectivity index (χ3v) is 3.66. The second-order valence-electron chi connectivity index (χ2n) is 4.97. The Hall–Kier alpha value is -1.03. The van der Waals surface area contributed by atoms with Crippen molar-refractivity contribution in [3.63, 3.8) is 0 Å². The highest BCUT2D eigenvalue weighted by molar-refractivity contribution is 5.28. The molecule has 1 aromatic rings. The lowest BCUT2D eigenvalue weighted by Crippen LogP contribution is -2.27. The summed E-state index contributed by atoms with van der Waals surface area (Å²) in [6.07, 6.45) is 6.23. The van der Waals surface area contributed by atoms with Crippen LogP contribution in [0.25, 0.3) is 0 Å². The molecule has 2 unspecified atom stereocenters. The maximum atomic E-state index is 5.20. The van der Waals surface area contributed by atoms with Gasteiger partial charge in [-0.05, 0) is 19.8 Å². The van der Waals surface area contributed by atoms with Gasteiger partial charge < -0.3 is 14.6 Å². The van der Waals surface area contributed by atoms with Crippen LogP contribution >= 0.6 is 0 Å². The molecule has 4 heteroatoms. The molecule has 0 aliphatic carbocycles. The van der Waals surface area contributed by atoms with Gasteiger partial charge >= 0.3 is 0 Å². The Morgan fingerprint density at radius 2 is 2.00 bits per heavy atom. The second kappa shape index (κ2) is 7.41. The van der Waals surface area contributed by atoms with Gasteiger partial charge in [0.1, 0.15) is 0 Å². The molecule has 1 rings (SSSR count). The van der Waals surface area contributed by atoms with Crippen molar-refractivity contribution in [1.29, 1.82) is 0 Å². The lowest BCUT2D eigenvalue weighted by molar-refractivity contribution is 0.163. The van der Waals surface area contributed by atoms with Crippen molar-refractivity contribution >= 4 is 5.95 Å². The summed E-state index contributed by atoms with van der Waals surface area (Å²) in [5, 5.41) is 3.53. The smallest absolute Gasteiger partial charge is 0.203 e. The summed E-state index contributed by atoms with van der Waals surface area (Å²) >= 11 is 0. The van der Waals surface area contributed by atoms with Crippen molar-refractivity contribution in [1.82, 2.24) is 9.55 Å². The number of methoxy groups -OCH3 is 1. The third kappa shape index (κ3) is 3.73. The Labute approximate surface area is 111 Å². The van der Waals surface area contributed by atoms with Crippen molar-refractivity contribution in [3.05, 3.63) is 12.4 Å². The minimum absolute atomic E-state index is 0.300. The van der Waals surface area contributed by atoms with Gasteiger partial charge in [-0.25, -0.2) is 4.98 Å². The largest absolute Gasteiger partial charge is 0.383 e. The monoisotopic (exact) mass is 253 g/mol. The number of ether oxygens (including phenoxy) is 1. The van der Waals surface area contributed by atoms with Crippen LogP contribution in [-0.2, 0) is 4.74 Å². The molecule has 2 atom stereocenters. The number of nitrogens with zero attached hydrogens (tertiary/aromatic N) is 2. The van der Waals surface area contributed by atoms with E-state index in [2.05, 4.69) is 42.6 Å². The third-order valence-electron chi connectivity index (χ3n) is 3.66. The Kier molecular flexibility index (Phi) is 6.19. The van der Waals surface area contributed by atoms with Crippen molar-refractivity contribution in [2.24, 2.45) is 5.92 Å².